The van der Waals surface area contributed by atoms with Crippen LogP contribution >= 0.6 is 11.8 Å². The van der Waals surface area contributed by atoms with E-state index in [0.29, 0.717) is 6.54 Å². The summed E-state index contributed by atoms with van der Waals surface area (Å²) >= 11 is 1.64. The number of benzene rings is 1. The molecule has 0 aliphatic carbocycles. The Labute approximate surface area is 107 Å². The quantitative estimate of drug-likeness (QED) is 0.765. The van der Waals surface area contributed by atoms with Gasteiger partial charge in [-0.15, -0.1) is 11.8 Å². The lowest BCUT2D eigenvalue weighted by Crippen LogP contribution is -2.30. The molecule has 0 aromatic heterocycles. The smallest absolute Gasteiger partial charge is 0.228 e. The van der Waals surface area contributed by atoms with Crippen molar-refractivity contribution in [3.05, 3.63) is 24.3 Å². The molecule has 1 unspecified atom stereocenters. The Morgan fingerprint density at radius 1 is 1.41 bits per heavy atom. The van der Waals surface area contributed by atoms with Crippen molar-refractivity contribution in [2.75, 3.05) is 24.7 Å². The Balaban J connectivity index is 2.61. The molecule has 1 aromatic rings. The highest BCUT2D eigenvalue weighted by molar-refractivity contribution is 7.98. The molecule has 0 aliphatic rings. The Morgan fingerprint density at radius 3 is 2.76 bits per heavy atom. The first-order chi connectivity index (χ1) is 8.19. The number of hydrogen-bond donors (Lipinski definition) is 2. The van der Waals surface area contributed by atoms with Crippen LogP contribution < -0.4 is 10.6 Å². The molecule has 1 amide bonds. The van der Waals surface area contributed by atoms with Crippen molar-refractivity contribution in [2.24, 2.45) is 5.92 Å². The van der Waals surface area contributed by atoms with Crippen LogP contribution in [0.4, 0.5) is 5.69 Å². The molecule has 3 nitrogen and oxygen atoms in total. The number of thioether (sulfide) groups is 1. The zero-order valence-electron chi connectivity index (χ0n) is 10.6. The second-order valence-electron chi connectivity index (χ2n) is 3.90. The van der Waals surface area contributed by atoms with E-state index in [1.807, 2.05) is 44.4 Å². The van der Waals surface area contributed by atoms with Gasteiger partial charge in [0.2, 0.25) is 5.91 Å². The van der Waals surface area contributed by atoms with Crippen LogP contribution in [0.2, 0.25) is 0 Å². The molecule has 1 atom stereocenters. The van der Waals surface area contributed by atoms with E-state index in [4.69, 9.17) is 0 Å². The van der Waals surface area contributed by atoms with E-state index in [-0.39, 0.29) is 11.8 Å². The van der Waals surface area contributed by atoms with Gasteiger partial charge in [-0.1, -0.05) is 26.0 Å². The van der Waals surface area contributed by atoms with Gasteiger partial charge in [-0.3, -0.25) is 4.79 Å². The van der Waals surface area contributed by atoms with Gasteiger partial charge in [-0.2, -0.15) is 0 Å². The molecule has 0 heterocycles. The van der Waals surface area contributed by atoms with Crippen molar-refractivity contribution in [3.63, 3.8) is 0 Å². The van der Waals surface area contributed by atoms with Gasteiger partial charge in [-0.25, -0.2) is 0 Å². The molecule has 0 aliphatic heterocycles. The number of hydrogen-bond acceptors (Lipinski definition) is 3. The minimum atomic E-state index is -0.0233. The number of nitrogens with one attached hydrogen (secondary N) is 2. The van der Waals surface area contributed by atoms with Crippen LogP contribution in [-0.4, -0.2) is 25.3 Å². The molecule has 0 saturated carbocycles. The predicted molar refractivity (Wildman–Crippen MR) is 74.6 cm³/mol. The zero-order valence-corrected chi connectivity index (χ0v) is 11.4. The molecule has 0 bridgehead atoms. The van der Waals surface area contributed by atoms with E-state index < -0.39 is 0 Å². The molecule has 1 rings (SSSR count). The fraction of sp³-hybridized carbons (Fsp3) is 0.462. The van der Waals surface area contributed by atoms with Gasteiger partial charge in [0.05, 0.1) is 5.69 Å². The predicted octanol–water partition coefficient (Wildman–Crippen LogP) is 2.59. The van der Waals surface area contributed by atoms with Crippen LogP contribution in [0.25, 0.3) is 0 Å². The summed E-state index contributed by atoms with van der Waals surface area (Å²) < 4.78 is 0. The molecular formula is C13H20N2OS. The van der Waals surface area contributed by atoms with Crippen molar-refractivity contribution >= 4 is 23.4 Å². The Hall–Kier alpha value is -1.00. The molecule has 0 saturated heterocycles. The summed E-state index contributed by atoms with van der Waals surface area (Å²) in [6, 6.07) is 7.85. The summed E-state index contributed by atoms with van der Waals surface area (Å²) in [5.74, 6) is 0.0392. The van der Waals surface area contributed by atoms with E-state index in [9.17, 15) is 4.79 Å². The fourth-order valence-corrected chi connectivity index (χ4v) is 2.01. The maximum Gasteiger partial charge on any atom is 0.228 e. The number of carbonyl (C=O) groups is 1. The summed E-state index contributed by atoms with van der Waals surface area (Å²) in [6.45, 7) is 5.57. The Morgan fingerprint density at radius 2 is 2.12 bits per heavy atom. The molecule has 4 heteroatoms. The third kappa shape index (κ3) is 4.40. The van der Waals surface area contributed by atoms with Gasteiger partial charge < -0.3 is 10.6 Å². The van der Waals surface area contributed by atoms with Gasteiger partial charge in [-0.05, 0) is 24.9 Å². The Kier molecular flexibility index (Phi) is 6.08. The highest BCUT2D eigenvalue weighted by Crippen LogP contribution is 2.24. The van der Waals surface area contributed by atoms with Crippen LogP contribution in [0, 0.1) is 5.92 Å². The van der Waals surface area contributed by atoms with Crippen LogP contribution in [-0.2, 0) is 4.79 Å². The largest absolute Gasteiger partial charge is 0.325 e. The second-order valence-corrected chi connectivity index (χ2v) is 4.75. The molecule has 0 fully saturated rings. The first-order valence-corrected chi connectivity index (χ1v) is 7.06. The van der Waals surface area contributed by atoms with Crippen molar-refractivity contribution in [2.45, 2.75) is 18.7 Å². The molecule has 2 N–H and O–H groups in total. The third-order valence-corrected chi connectivity index (χ3v) is 3.31. The first kappa shape index (κ1) is 14.1. The summed E-state index contributed by atoms with van der Waals surface area (Å²) in [5.41, 5.74) is 0.897. The number of anilines is 1. The van der Waals surface area contributed by atoms with E-state index in [1.165, 1.54) is 0 Å². The minimum absolute atomic E-state index is 0.0233. The van der Waals surface area contributed by atoms with Crippen molar-refractivity contribution < 1.29 is 4.79 Å². The van der Waals surface area contributed by atoms with Crippen LogP contribution in [0.5, 0.6) is 0 Å². The lowest BCUT2D eigenvalue weighted by Gasteiger charge is -2.14. The molecular weight excluding hydrogens is 232 g/mol. The van der Waals surface area contributed by atoms with E-state index >= 15 is 0 Å². The Bertz CT molecular complexity index is 368. The highest BCUT2D eigenvalue weighted by Gasteiger charge is 2.13. The molecule has 1 aromatic carbocycles. The number of amides is 1. The second kappa shape index (κ2) is 7.35. The molecule has 17 heavy (non-hydrogen) atoms. The summed E-state index contributed by atoms with van der Waals surface area (Å²) in [4.78, 5) is 13.0. The molecule has 0 radical (unpaired) electrons. The lowest BCUT2D eigenvalue weighted by atomic mass is 10.1. The monoisotopic (exact) mass is 252 g/mol. The summed E-state index contributed by atoms with van der Waals surface area (Å²) in [5, 5.41) is 6.15. The van der Waals surface area contributed by atoms with Gasteiger partial charge in [0.15, 0.2) is 0 Å². The fourth-order valence-electron chi connectivity index (χ4n) is 1.46. The molecule has 0 spiro atoms. The maximum atomic E-state index is 11.9. The van der Waals surface area contributed by atoms with E-state index in [0.717, 1.165) is 17.1 Å². The highest BCUT2D eigenvalue weighted by atomic mass is 32.2. The number of rotatable bonds is 6. The van der Waals surface area contributed by atoms with Crippen molar-refractivity contribution in [3.8, 4) is 0 Å². The van der Waals surface area contributed by atoms with E-state index in [2.05, 4.69) is 10.6 Å². The number of carbonyl (C=O) groups excluding carboxylic acids is 1. The summed E-state index contributed by atoms with van der Waals surface area (Å²) in [7, 11) is 0. The van der Waals surface area contributed by atoms with Crippen LogP contribution in [0.1, 0.15) is 13.8 Å². The average Bonchev–Trinajstić information content (AvgIpc) is 2.36. The maximum absolute atomic E-state index is 11.9. The van der Waals surface area contributed by atoms with Crippen LogP contribution in [0.3, 0.4) is 0 Å². The summed E-state index contributed by atoms with van der Waals surface area (Å²) in [6.07, 6.45) is 2.01. The van der Waals surface area contributed by atoms with Crippen molar-refractivity contribution in [1.29, 1.82) is 0 Å². The van der Waals surface area contributed by atoms with Gasteiger partial charge in [0, 0.05) is 17.4 Å². The number of para-hydroxylation sites is 1. The lowest BCUT2D eigenvalue weighted by molar-refractivity contribution is -0.119. The van der Waals surface area contributed by atoms with Gasteiger partial charge >= 0.3 is 0 Å². The average molecular weight is 252 g/mol. The minimum Gasteiger partial charge on any atom is -0.325 e. The molecule has 94 valence electrons. The van der Waals surface area contributed by atoms with E-state index in [1.54, 1.807) is 11.8 Å². The SMILES string of the molecule is CCNCC(C)C(=O)Nc1ccccc1SC. The third-order valence-electron chi connectivity index (χ3n) is 2.51. The topological polar surface area (TPSA) is 41.1 Å². The van der Waals surface area contributed by atoms with Gasteiger partial charge in [0.25, 0.3) is 0 Å². The zero-order chi connectivity index (χ0) is 12.7. The normalized spacial score (nSPS) is 12.2. The van der Waals surface area contributed by atoms with Crippen molar-refractivity contribution in [1.82, 2.24) is 5.32 Å². The van der Waals surface area contributed by atoms with Gasteiger partial charge in [0.1, 0.15) is 0 Å². The first-order valence-electron chi connectivity index (χ1n) is 5.83. The van der Waals surface area contributed by atoms with Crippen LogP contribution in [0.15, 0.2) is 29.2 Å². The standard InChI is InChI=1S/C13H20N2OS/c1-4-14-9-10(2)13(16)15-11-7-5-6-8-12(11)17-3/h5-8,10,14H,4,9H2,1-3H3,(H,15,16).